The molecule has 28 heavy (non-hydrogen) atoms. The molecule has 0 aliphatic rings. The maximum Gasteiger partial charge on any atom is 0.276 e. The molecule has 3 rings (SSSR count). The van der Waals surface area contributed by atoms with Gasteiger partial charge in [0.05, 0.1) is 19.3 Å². The molecular formula is C22H26N2O3S. The summed E-state index contributed by atoms with van der Waals surface area (Å²) < 4.78 is 16.9. The lowest BCUT2D eigenvalue weighted by Gasteiger charge is -2.19. The summed E-state index contributed by atoms with van der Waals surface area (Å²) in [6, 6.07) is 15.9. The normalized spacial score (nSPS) is 11.4. The van der Waals surface area contributed by atoms with Crippen molar-refractivity contribution in [3.63, 3.8) is 0 Å². The van der Waals surface area contributed by atoms with Gasteiger partial charge in [0.2, 0.25) is 0 Å². The van der Waals surface area contributed by atoms with Crippen LogP contribution < -0.4 is 9.47 Å². The molecule has 0 bridgehead atoms. The minimum absolute atomic E-state index is 0.155. The SMILES string of the molecule is COc1ccccc1-c1nnc(SCCCOc2ccc(C(C)(C)C)cc2)o1. The van der Waals surface area contributed by atoms with Crippen LogP contribution in [-0.4, -0.2) is 29.7 Å². The van der Waals surface area contributed by atoms with E-state index in [1.807, 2.05) is 36.4 Å². The first-order chi connectivity index (χ1) is 13.5. The van der Waals surface area contributed by atoms with Gasteiger partial charge in [-0.15, -0.1) is 10.2 Å². The number of methoxy groups -OCH3 is 1. The van der Waals surface area contributed by atoms with Crippen molar-refractivity contribution in [2.75, 3.05) is 19.5 Å². The van der Waals surface area contributed by atoms with E-state index in [0.29, 0.717) is 23.5 Å². The standard InChI is InChI=1S/C22H26N2O3S/c1-22(2,3)16-10-12-17(13-11-16)26-14-7-15-28-21-24-23-20(27-21)18-8-5-6-9-19(18)25-4/h5-6,8-13H,7,14-15H2,1-4H3. The first-order valence-corrected chi connectivity index (χ1v) is 10.3. The topological polar surface area (TPSA) is 57.4 Å². The van der Waals surface area contributed by atoms with E-state index in [2.05, 4.69) is 43.1 Å². The summed E-state index contributed by atoms with van der Waals surface area (Å²) in [5.41, 5.74) is 2.26. The number of para-hydroxylation sites is 1. The zero-order chi connectivity index (χ0) is 20.0. The maximum atomic E-state index is 5.82. The molecule has 2 aromatic carbocycles. The van der Waals surface area contributed by atoms with Gasteiger partial charge < -0.3 is 13.9 Å². The Hall–Kier alpha value is -2.47. The second kappa shape index (κ2) is 9.15. The predicted molar refractivity (Wildman–Crippen MR) is 112 cm³/mol. The fraction of sp³-hybridized carbons (Fsp3) is 0.364. The molecule has 0 spiro atoms. The molecular weight excluding hydrogens is 372 g/mol. The number of nitrogens with zero attached hydrogens (tertiary/aromatic N) is 2. The highest BCUT2D eigenvalue weighted by atomic mass is 32.2. The van der Waals surface area contributed by atoms with Crippen LogP contribution >= 0.6 is 11.8 Å². The first kappa shape index (κ1) is 20.3. The van der Waals surface area contributed by atoms with Gasteiger partial charge in [-0.05, 0) is 41.7 Å². The fourth-order valence-corrected chi connectivity index (χ4v) is 3.33. The van der Waals surface area contributed by atoms with E-state index in [9.17, 15) is 0 Å². The highest BCUT2D eigenvalue weighted by molar-refractivity contribution is 7.99. The van der Waals surface area contributed by atoms with Crippen LogP contribution in [0, 0.1) is 0 Å². The maximum absolute atomic E-state index is 5.82. The highest BCUT2D eigenvalue weighted by Gasteiger charge is 2.14. The Kier molecular flexibility index (Phi) is 6.62. The van der Waals surface area contributed by atoms with Crippen LogP contribution in [0.2, 0.25) is 0 Å². The molecule has 0 N–H and O–H groups in total. The zero-order valence-corrected chi connectivity index (χ0v) is 17.6. The number of aromatic nitrogens is 2. The lowest BCUT2D eigenvalue weighted by Crippen LogP contribution is -2.10. The molecule has 0 saturated heterocycles. The molecule has 3 aromatic rings. The van der Waals surface area contributed by atoms with Gasteiger partial charge in [-0.25, -0.2) is 0 Å². The number of ether oxygens (including phenoxy) is 2. The third-order valence-corrected chi connectivity index (χ3v) is 5.15. The van der Waals surface area contributed by atoms with Crippen LogP contribution in [0.15, 0.2) is 58.2 Å². The second-order valence-electron chi connectivity index (χ2n) is 7.40. The summed E-state index contributed by atoms with van der Waals surface area (Å²) in [5.74, 6) is 2.92. The molecule has 1 aromatic heterocycles. The van der Waals surface area contributed by atoms with E-state index in [4.69, 9.17) is 13.9 Å². The number of thioether (sulfide) groups is 1. The monoisotopic (exact) mass is 398 g/mol. The van der Waals surface area contributed by atoms with E-state index in [-0.39, 0.29) is 5.41 Å². The van der Waals surface area contributed by atoms with Gasteiger partial charge in [0.1, 0.15) is 11.5 Å². The average Bonchev–Trinajstić information content (AvgIpc) is 3.16. The Bertz CT molecular complexity index is 885. The van der Waals surface area contributed by atoms with Gasteiger partial charge in [0, 0.05) is 5.75 Å². The minimum atomic E-state index is 0.155. The van der Waals surface area contributed by atoms with Crippen molar-refractivity contribution in [3.05, 3.63) is 54.1 Å². The van der Waals surface area contributed by atoms with Crippen LogP contribution in [0.3, 0.4) is 0 Å². The third kappa shape index (κ3) is 5.29. The summed E-state index contributed by atoms with van der Waals surface area (Å²) in [7, 11) is 1.63. The van der Waals surface area contributed by atoms with Crippen molar-refractivity contribution in [1.82, 2.24) is 10.2 Å². The minimum Gasteiger partial charge on any atom is -0.496 e. The van der Waals surface area contributed by atoms with Crippen LogP contribution in [0.25, 0.3) is 11.5 Å². The number of hydrogen-bond acceptors (Lipinski definition) is 6. The fourth-order valence-electron chi connectivity index (χ4n) is 2.66. The predicted octanol–water partition coefficient (Wildman–Crippen LogP) is 5.60. The molecule has 0 radical (unpaired) electrons. The summed E-state index contributed by atoms with van der Waals surface area (Å²) in [5, 5.41) is 8.78. The van der Waals surface area contributed by atoms with Crippen LogP contribution in [-0.2, 0) is 5.41 Å². The Morgan fingerprint density at radius 3 is 2.46 bits per heavy atom. The van der Waals surface area contributed by atoms with Gasteiger partial charge in [0.25, 0.3) is 11.1 Å². The molecule has 0 aliphatic carbocycles. The van der Waals surface area contributed by atoms with E-state index >= 15 is 0 Å². The third-order valence-electron chi connectivity index (χ3n) is 4.25. The van der Waals surface area contributed by atoms with Gasteiger partial charge in [0.15, 0.2) is 0 Å². The van der Waals surface area contributed by atoms with Gasteiger partial charge in [-0.3, -0.25) is 0 Å². The number of rotatable bonds is 8. The van der Waals surface area contributed by atoms with Crippen LogP contribution in [0.5, 0.6) is 11.5 Å². The molecule has 0 unspecified atom stereocenters. The lowest BCUT2D eigenvalue weighted by atomic mass is 9.87. The van der Waals surface area contributed by atoms with Gasteiger partial charge in [-0.2, -0.15) is 0 Å². The summed E-state index contributed by atoms with van der Waals surface area (Å²) in [6.07, 6.45) is 0.887. The Labute approximate surface area is 170 Å². The Morgan fingerprint density at radius 1 is 1.00 bits per heavy atom. The summed E-state index contributed by atoms with van der Waals surface area (Å²) >= 11 is 1.53. The molecule has 0 aliphatic heterocycles. The molecule has 6 heteroatoms. The number of benzene rings is 2. The van der Waals surface area contributed by atoms with Crippen molar-refractivity contribution in [2.24, 2.45) is 0 Å². The largest absolute Gasteiger partial charge is 0.496 e. The second-order valence-corrected chi connectivity index (χ2v) is 8.44. The van der Waals surface area contributed by atoms with E-state index in [0.717, 1.165) is 23.5 Å². The molecule has 1 heterocycles. The van der Waals surface area contributed by atoms with Crippen molar-refractivity contribution in [1.29, 1.82) is 0 Å². The molecule has 0 amide bonds. The average molecular weight is 399 g/mol. The lowest BCUT2D eigenvalue weighted by molar-refractivity contribution is 0.318. The van der Waals surface area contributed by atoms with Crippen molar-refractivity contribution in [2.45, 2.75) is 37.8 Å². The number of hydrogen-bond donors (Lipinski definition) is 0. The summed E-state index contributed by atoms with van der Waals surface area (Å²) in [4.78, 5) is 0. The van der Waals surface area contributed by atoms with Crippen molar-refractivity contribution in [3.8, 4) is 23.0 Å². The summed E-state index contributed by atoms with van der Waals surface area (Å²) in [6.45, 7) is 7.26. The molecule has 148 valence electrons. The smallest absolute Gasteiger partial charge is 0.276 e. The van der Waals surface area contributed by atoms with E-state index < -0.39 is 0 Å². The van der Waals surface area contributed by atoms with Gasteiger partial charge >= 0.3 is 0 Å². The van der Waals surface area contributed by atoms with Gasteiger partial charge in [-0.1, -0.05) is 56.8 Å². The molecule has 0 atom stereocenters. The molecule has 0 saturated carbocycles. The molecule has 0 fully saturated rings. The van der Waals surface area contributed by atoms with E-state index in [1.54, 1.807) is 7.11 Å². The Balaban J connectivity index is 1.44. The first-order valence-electron chi connectivity index (χ1n) is 9.30. The van der Waals surface area contributed by atoms with Crippen molar-refractivity contribution < 1.29 is 13.9 Å². The quantitative estimate of drug-likeness (QED) is 0.363. The van der Waals surface area contributed by atoms with Crippen LogP contribution in [0.1, 0.15) is 32.8 Å². The highest BCUT2D eigenvalue weighted by Crippen LogP contribution is 2.30. The van der Waals surface area contributed by atoms with Crippen LogP contribution in [0.4, 0.5) is 0 Å². The zero-order valence-electron chi connectivity index (χ0n) is 16.8. The van der Waals surface area contributed by atoms with Crippen molar-refractivity contribution >= 4 is 11.8 Å². The molecule has 5 nitrogen and oxygen atoms in total. The van der Waals surface area contributed by atoms with E-state index in [1.165, 1.54) is 17.3 Å². The Morgan fingerprint density at radius 2 is 1.75 bits per heavy atom.